The molecule has 0 saturated heterocycles. The highest BCUT2D eigenvalue weighted by Crippen LogP contribution is 2.31. The molecule has 1 saturated carbocycles. The van der Waals surface area contributed by atoms with Gasteiger partial charge in [0.05, 0.1) is 10.8 Å². The Morgan fingerprint density at radius 1 is 1.19 bits per heavy atom. The van der Waals surface area contributed by atoms with Gasteiger partial charge in [0.1, 0.15) is 5.69 Å². The summed E-state index contributed by atoms with van der Waals surface area (Å²) in [7, 11) is 0. The van der Waals surface area contributed by atoms with Crippen molar-refractivity contribution in [2.75, 3.05) is 10.6 Å². The number of hydrogen-bond acceptors (Lipinski definition) is 5. The van der Waals surface area contributed by atoms with Crippen LogP contribution in [0.4, 0.5) is 17.1 Å². The van der Waals surface area contributed by atoms with E-state index in [4.69, 9.17) is 5.11 Å². The molecule has 0 aliphatic heterocycles. The molecule has 1 unspecified atom stereocenters. The lowest BCUT2D eigenvalue weighted by atomic mass is 10.0. The summed E-state index contributed by atoms with van der Waals surface area (Å²) in [4.78, 5) is 34.2. The number of carboxylic acids is 1. The number of nitro groups is 1. The van der Waals surface area contributed by atoms with E-state index >= 15 is 0 Å². The maximum atomic E-state index is 12.4. The highest BCUT2D eigenvalue weighted by molar-refractivity contribution is 6.05. The number of anilines is 2. The second kappa shape index (κ2) is 7.45. The highest BCUT2D eigenvalue weighted by Gasteiger charge is 2.25. The molecule has 1 aliphatic rings. The van der Waals surface area contributed by atoms with Gasteiger partial charge in [-0.05, 0) is 49.6 Å². The molecule has 3 N–H and O–H groups in total. The Morgan fingerprint density at radius 2 is 1.85 bits per heavy atom. The van der Waals surface area contributed by atoms with Gasteiger partial charge in [-0.1, -0.05) is 12.1 Å². The maximum Gasteiger partial charge on any atom is 0.310 e. The van der Waals surface area contributed by atoms with Crippen molar-refractivity contribution >= 4 is 28.9 Å². The first-order valence-electron chi connectivity index (χ1n) is 8.54. The fourth-order valence-electron chi connectivity index (χ4n) is 2.59. The Balaban J connectivity index is 1.74. The fourth-order valence-corrected chi connectivity index (χ4v) is 2.59. The number of carboxylic acid groups (broad SMARTS) is 1. The van der Waals surface area contributed by atoms with Gasteiger partial charge in [0.2, 0.25) is 0 Å². The zero-order valence-electron chi connectivity index (χ0n) is 14.6. The minimum absolute atomic E-state index is 0.139. The van der Waals surface area contributed by atoms with Crippen LogP contribution < -0.4 is 10.6 Å². The highest BCUT2D eigenvalue weighted by atomic mass is 16.6. The molecule has 1 aliphatic carbocycles. The number of hydrogen-bond donors (Lipinski definition) is 3. The van der Waals surface area contributed by atoms with E-state index in [1.807, 2.05) is 0 Å². The second-order valence-corrected chi connectivity index (χ2v) is 6.54. The summed E-state index contributed by atoms with van der Waals surface area (Å²) in [6, 6.07) is 11.0. The zero-order chi connectivity index (χ0) is 19.6. The predicted octanol–water partition coefficient (Wildman–Crippen LogP) is 3.61. The van der Waals surface area contributed by atoms with Crippen molar-refractivity contribution in [2.45, 2.75) is 31.7 Å². The van der Waals surface area contributed by atoms with Crippen LogP contribution in [0.2, 0.25) is 0 Å². The van der Waals surface area contributed by atoms with E-state index in [0.717, 1.165) is 12.8 Å². The molecule has 0 radical (unpaired) electrons. The standard InChI is InChI=1S/C19H19N3O5/c1-11(19(24)25)12-2-5-15(6-3-12)21-18(23)13-4-9-16(20-14-7-8-14)17(10-13)22(26)27/h2-6,9-11,14,20H,7-8H2,1H3,(H,21,23)(H,24,25). The van der Waals surface area contributed by atoms with Gasteiger partial charge in [0.25, 0.3) is 11.6 Å². The lowest BCUT2D eigenvalue weighted by molar-refractivity contribution is -0.384. The lowest BCUT2D eigenvalue weighted by Crippen LogP contribution is -2.13. The minimum atomic E-state index is -0.931. The molecule has 0 spiro atoms. The summed E-state index contributed by atoms with van der Waals surface area (Å²) in [5.41, 5.74) is 1.54. The van der Waals surface area contributed by atoms with Crippen LogP contribution in [0, 0.1) is 10.1 Å². The Hall–Kier alpha value is -3.42. The largest absolute Gasteiger partial charge is 0.481 e. The van der Waals surface area contributed by atoms with Crippen LogP contribution in [0.5, 0.6) is 0 Å². The van der Waals surface area contributed by atoms with Crippen molar-refractivity contribution in [3.63, 3.8) is 0 Å². The molecule has 8 heteroatoms. The van der Waals surface area contributed by atoms with E-state index in [2.05, 4.69) is 10.6 Å². The van der Waals surface area contributed by atoms with Crippen molar-refractivity contribution in [3.05, 3.63) is 63.7 Å². The smallest absolute Gasteiger partial charge is 0.310 e. The van der Waals surface area contributed by atoms with E-state index in [-0.39, 0.29) is 17.3 Å². The average molecular weight is 369 g/mol. The molecule has 1 amide bonds. The van der Waals surface area contributed by atoms with E-state index in [0.29, 0.717) is 16.9 Å². The molecule has 3 rings (SSSR count). The molecule has 27 heavy (non-hydrogen) atoms. The van der Waals surface area contributed by atoms with Gasteiger partial charge < -0.3 is 15.7 Å². The molecule has 0 heterocycles. The van der Waals surface area contributed by atoms with Gasteiger partial charge in [-0.2, -0.15) is 0 Å². The average Bonchev–Trinajstić information content (AvgIpc) is 3.45. The summed E-state index contributed by atoms with van der Waals surface area (Å²) in [6.07, 6.45) is 1.96. The SMILES string of the molecule is CC(C(=O)O)c1ccc(NC(=O)c2ccc(NC3CC3)c([N+](=O)[O-])c2)cc1. The third kappa shape index (κ3) is 4.41. The number of nitrogens with one attached hydrogen (secondary N) is 2. The Morgan fingerprint density at radius 3 is 2.41 bits per heavy atom. The van der Waals surface area contributed by atoms with Crippen LogP contribution >= 0.6 is 0 Å². The summed E-state index contributed by atoms with van der Waals surface area (Å²) < 4.78 is 0. The van der Waals surface area contributed by atoms with Crippen molar-refractivity contribution in [1.82, 2.24) is 0 Å². The summed E-state index contributed by atoms with van der Waals surface area (Å²) in [5, 5.41) is 26.1. The number of rotatable bonds is 7. The van der Waals surface area contributed by atoms with Crippen LogP contribution in [0.25, 0.3) is 0 Å². The normalized spacial score (nSPS) is 14.3. The molecule has 1 fully saturated rings. The Labute approximate surface area is 155 Å². The fraction of sp³-hybridized carbons (Fsp3) is 0.263. The summed E-state index contributed by atoms with van der Waals surface area (Å²) >= 11 is 0. The van der Waals surface area contributed by atoms with Gasteiger partial charge in [0.15, 0.2) is 0 Å². The van der Waals surface area contributed by atoms with Crippen molar-refractivity contribution in [1.29, 1.82) is 0 Å². The quantitative estimate of drug-likeness (QED) is 0.506. The molecule has 1 atom stereocenters. The molecule has 140 valence electrons. The summed E-state index contributed by atoms with van der Waals surface area (Å²) in [6.45, 7) is 1.58. The zero-order valence-corrected chi connectivity index (χ0v) is 14.6. The number of carbonyl (C=O) groups is 2. The van der Waals surface area contributed by atoms with Crippen LogP contribution in [-0.2, 0) is 4.79 Å². The first-order chi connectivity index (χ1) is 12.8. The molecular weight excluding hydrogens is 350 g/mol. The molecule has 8 nitrogen and oxygen atoms in total. The third-order valence-electron chi connectivity index (χ3n) is 4.43. The van der Waals surface area contributed by atoms with E-state index in [1.165, 1.54) is 12.1 Å². The van der Waals surface area contributed by atoms with Gasteiger partial charge >= 0.3 is 5.97 Å². The van der Waals surface area contributed by atoms with Crippen LogP contribution in [0.3, 0.4) is 0 Å². The summed E-state index contributed by atoms with van der Waals surface area (Å²) in [5.74, 6) is -2.06. The van der Waals surface area contributed by atoms with Crippen LogP contribution in [-0.4, -0.2) is 27.9 Å². The van der Waals surface area contributed by atoms with Gasteiger partial charge in [-0.3, -0.25) is 19.7 Å². The number of carbonyl (C=O) groups excluding carboxylic acids is 1. The van der Waals surface area contributed by atoms with Gasteiger partial charge in [0, 0.05) is 23.4 Å². The number of amides is 1. The number of nitrogens with zero attached hydrogens (tertiary/aromatic N) is 1. The number of nitro benzene ring substituents is 1. The predicted molar refractivity (Wildman–Crippen MR) is 100 cm³/mol. The first-order valence-corrected chi connectivity index (χ1v) is 8.54. The topological polar surface area (TPSA) is 122 Å². The van der Waals surface area contributed by atoms with Crippen molar-refractivity contribution < 1.29 is 19.6 Å². The molecule has 0 bridgehead atoms. The number of benzene rings is 2. The molecule has 0 aromatic heterocycles. The van der Waals surface area contributed by atoms with E-state index in [1.54, 1.807) is 37.3 Å². The monoisotopic (exact) mass is 369 g/mol. The minimum Gasteiger partial charge on any atom is -0.481 e. The second-order valence-electron chi connectivity index (χ2n) is 6.54. The third-order valence-corrected chi connectivity index (χ3v) is 4.43. The Bertz CT molecular complexity index is 891. The first kappa shape index (κ1) is 18.4. The van der Waals surface area contributed by atoms with E-state index < -0.39 is 22.7 Å². The van der Waals surface area contributed by atoms with Crippen molar-refractivity contribution in [3.8, 4) is 0 Å². The van der Waals surface area contributed by atoms with Gasteiger partial charge in [-0.15, -0.1) is 0 Å². The Kier molecular flexibility index (Phi) is 5.07. The van der Waals surface area contributed by atoms with Crippen LogP contribution in [0.15, 0.2) is 42.5 Å². The molecule has 2 aromatic rings. The molecular formula is C19H19N3O5. The number of aliphatic carboxylic acids is 1. The lowest BCUT2D eigenvalue weighted by Gasteiger charge is -2.10. The van der Waals surface area contributed by atoms with Crippen molar-refractivity contribution in [2.24, 2.45) is 0 Å². The van der Waals surface area contributed by atoms with Crippen LogP contribution in [0.1, 0.15) is 41.6 Å². The van der Waals surface area contributed by atoms with Gasteiger partial charge in [-0.25, -0.2) is 0 Å². The molecule has 2 aromatic carbocycles. The maximum absolute atomic E-state index is 12.4. The van der Waals surface area contributed by atoms with E-state index in [9.17, 15) is 19.7 Å².